The van der Waals surface area contributed by atoms with Gasteiger partial charge in [-0.3, -0.25) is 0 Å². The van der Waals surface area contributed by atoms with E-state index in [0.717, 1.165) is 15.8 Å². The molecule has 0 saturated carbocycles. The van der Waals surface area contributed by atoms with Crippen LogP contribution in [0.4, 0.5) is 0 Å². The van der Waals surface area contributed by atoms with Crippen LogP contribution in [-0.2, 0) is 11.3 Å². The van der Waals surface area contributed by atoms with Gasteiger partial charge in [0.05, 0.1) is 20.3 Å². The topological polar surface area (TPSA) is 18.5 Å². The summed E-state index contributed by atoms with van der Waals surface area (Å²) in [5.74, 6) is 0.845. The van der Waals surface area contributed by atoms with Gasteiger partial charge in [0, 0.05) is 10.0 Å². The van der Waals surface area contributed by atoms with Crippen LogP contribution in [0.25, 0.3) is 0 Å². The Morgan fingerprint density at radius 3 is 2.93 bits per heavy atom. The summed E-state index contributed by atoms with van der Waals surface area (Å²) in [6.07, 6.45) is 1.73. The van der Waals surface area contributed by atoms with Crippen LogP contribution < -0.4 is 4.74 Å². The Morgan fingerprint density at radius 2 is 2.29 bits per heavy atom. The summed E-state index contributed by atoms with van der Waals surface area (Å²) >= 11 is 3.40. The minimum Gasteiger partial charge on any atom is -0.496 e. The molecule has 1 aromatic rings. The van der Waals surface area contributed by atoms with Crippen molar-refractivity contribution in [1.82, 2.24) is 0 Å². The second-order valence-corrected chi connectivity index (χ2v) is 3.68. The molecule has 0 amide bonds. The first kappa shape index (κ1) is 11.3. The fourth-order valence-corrected chi connectivity index (χ4v) is 1.52. The molecule has 0 radical (unpaired) electrons. The molecule has 3 heteroatoms. The van der Waals surface area contributed by atoms with Crippen LogP contribution in [0.15, 0.2) is 35.3 Å². The van der Waals surface area contributed by atoms with Gasteiger partial charge in [-0.05, 0) is 18.2 Å². The van der Waals surface area contributed by atoms with E-state index in [1.165, 1.54) is 0 Å². The number of ether oxygens (including phenoxy) is 2. The number of methoxy groups -OCH3 is 1. The second kappa shape index (κ2) is 5.83. The average Bonchev–Trinajstić information content (AvgIpc) is 2.19. The SMILES string of the molecule is C=CCOCc1cc(Br)ccc1OC. The fourth-order valence-electron chi connectivity index (χ4n) is 1.11. The number of hydrogen-bond donors (Lipinski definition) is 0. The molecular weight excluding hydrogens is 244 g/mol. The summed E-state index contributed by atoms with van der Waals surface area (Å²) in [4.78, 5) is 0. The summed E-state index contributed by atoms with van der Waals surface area (Å²) in [5, 5.41) is 0. The minimum atomic E-state index is 0.536. The van der Waals surface area contributed by atoms with Crippen LogP contribution in [0, 0.1) is 0 Å². The van der Waals surface area contributed by atoms with Crippen LogP contribution in [0.1, 0.15) is 5.56 Å². The molecule has 0 spiro atoms. The first-order valence-corrected chi connectivity index (χ1v) is 5.08. The monoisotopic (exact) mass is 256 g/mol. The molecular formula is C11H13BrO2. The maximum absolute atomic E-state index is 5.35. The van der Waals surface area contributed by atoms with E-state index in [4.69, 9.17) is 9.47 Å². The average molecular weight is 257 g/mol. The van der Waals surface area contributed by atoms with Gasteiger partial charge in [-0.15, -0.1) is 6.58 Å². The van der Waals surface area contributed by atoms with E-state index in [1.54, 1.807) is 13.2 Å². The van der Waals surface area contributed by atoms with Gasteiger partial charge in [-0.2, -0.15) is 0 Å². The normalized spacial score (nSPS) is 9.86. The van der Waals surface area contributed by atoms with Crippen molar-refractivity contribution in [2.45, 2.75) is 6.61 Å². The van der Waals surface area contributed by atoms with Gasteiger partial charge in [0.2, 0.25) is 0 Å². The zero-order valence-electron chi connectivity index (χ0n) is 8.13. The van der Waals surface area contributed by atoms with E-state index in [9.17, 15) is 0 Å². The molecule has 0 fully saturated rings. The molecule has 0 saturated heterocycles. The molecule has 0 aliphatic rings. The number of halogens is 1. The molecule has 76 valence electrons. The highest BCUT2D eigenvalue weighted by atomic mass is 79.9. The zero-order valence-corrected chi connectivity index (χ0v) is 9.71. The van der Waals surface area contributed by atoms with Gasteiger partial charge < -0.3 is 9.47 Å². The van der Waals surface area contributed by atoms with Crippen molar-refractivity contribution in [2.24, 2.45) is 0 Å². The Hall–Kier alpha value is -0.800. The molecule has 1 rings (SSSR count). The van der Waals surface area contributed by atoms with Crippen molar-refractivity contribution in [3.8, 4) is 5.75 Å². The largest absolute Gasteiger partial charge is 0.496 e. The molecule has 2 nitrogen and oxygen atoms in total. The Balaban J connectivity index is 2.71. The standard InChI is InChI=1S/C11H13BrO2/c1-3-6-14-8-9-7-10(12)4-5-11(9)13-2/h3-5,7H,1,6,8H2,2H3. The summed E-state index contributed by atoms with van der Waals surface area (Å²) in [7, 11) is 1.65. The van der Waals surface area contributed by atoms with Crippen LogP contribution in [0.3, 0.4) is 0 Å². The van der Waals surface area contributed by atoms with Crippen molar-refractivity contribution >= 4 is 15.9 Å². The van der Waals surface area contributed by atoms with Crippen molar-refractivity contribution in [1.29, 1.82) is 0 Å². The van der Waals surface area contributed by atoms with Crippen LogP contribution in [0.5, 0.6) is 5.75 Å². The van der Waals surface area contributed by atoms with Gasteiger partial charge >= 0.3 is 0 Å². The second-order valence-electron chi connectivity index (χ2n) is 2.76. The van der Waals surface area contributed by atoms with Gasteiger partial charge in [0.25, 0.3) is 0 Å². The third-order valence-electron chi connectivity index (χ3n) is 1.74. The molecule has 0 aliphatic carbocycles. The molecule has 0 heterocycles. The highest BCUT2D eigenvalue weighted by Gasteiger charge is 2.02. The van der Waals surface area contributed by atoms with Crippen molar-refractivity contribution in [3.05, 3.63) is 40.9 Å². The lowest BCUT2D eigenvalue weighted by molar-refractivity contribution is 0.146. The summed E-state index contributed by atoms with van der Waals surface area (Å²) < 4.78 is 11.6. The first-order chi connectivity index (χ1) is 6.77. The predicted molar refractivity (Wildman–Crippen MR) is 60.5 cm³/mol. The third-order valence-corrected chi connectivity index (χ3v) is 2.23. The fraction of sp³-hybridized carbons (Fsp3) is 0.273. The number of rotatable bonds is 5. The van der Waals surface area contributed by atoms with E-state index in [2.05, 4.69) is 22.5 Å². The molecule has 1 aromatic carbocycles. The van der Waals surface area contributed by atoms with Gasteiger partial charge in [-0.25, -0.2) is 0 Å². The summed E-state index contributed by atoms with van der Waals surface area (Å²) in [5.41, 5.74) is 1.03. The Labute approximate surface area is 92.7 Å². The number of benzene rings is 1. The van der Waals surface area contributed by atoms with E-state index in [0.29, 0.717) is 13.2 Å². The molecule has 0 unspecified atom stereocenters. The highest BCUT2D eigenvalue weighted by molar-refractivity contribution is 9.10. The molecule has 0 aromatic heterocycles. The maximum atomic E-state index is 5.35. The van der Waals surface area contributed by atoms with Gasteiger partial charge in [0.15, 0.2) is 0 Å². The molecule has 0 N–H and O–H groups in total. The van der Waals surface area contributed by atoms with Crippen molar-refractivity contribution in [3.63, 3.8) is 0 Å². The Morgan fingerprint density at radius 1 is 1.50 bits per heavy atom. The van der Waals surface area contributed by atoms with Crippen molar-refractivity contribution in [2.75, 3.05) is 13.7 Å². The first-order valence-electron chi connectivity index (χ1n) is 4.29. The zero-order chi connectivity index (χ0) is 10.4. The van der Waals surface area contributed by atoms with E-state index < -0.39 is 0 Å². The predicted octanol–water partition coefficient (Wildman–Crippen LogP) is 3.16. The molecule has 0 bridgehead atoms. The summed E-state index contributed by atoms with van der Waals surface area (Å²) in [6, 6.07) is 5.84. The third kappa shape index (κ3) is 3.16. The quantitative estimate of drug-likeness (QED) is 0.595. The Kier molecular flexibility index (Phi) is 4.70. The van der Waals surface area contributed by atoms with Crippen LogP contribution in [-0.4, -0.2) is 13.7 Å². The maximum Gasteiger partial charge on any atom is 0.124 e. The van der Waals surface area contributed by atoms with E-state index in [-0.39, 0.29) is 0 Å². The van der Waals surface area contributed by atoms with Crippen molar-refractivity contribution < 1.29 is 9.47 Å². The Bertz CT molecular complexity index is 310. The van der Waals surface area contributed by atoms with Gasteiger partial charge in [0.1, 0.15) is 5.75 Å². The molecule has 14 heavy (non-hydrogen) atoms. The van der Waals surface area contributed by atoms with Crippen LogP contribution in [0.2, 0.25) is 0 Å². The highest BCUT2D eigenvalue weighted by Crippen LogP contribution is 2.23. The summed E-state index contributed by atoms with van der Waals surface area (Å²) in [6.45, 7) is 4.67. The minimum absolute atomic E-state index is 0.536. The lowest BCUT2D eigenvalue weighted by Gasteiger charge is -2.08. The van der Waals surface area contributed by atoms with Crippen LogP contribution >= 0.6 is 15.9 Å². The van der Waals surface area contributed by atoms with E-state index >= 15 is 0 Å². The molecule has 0 atom stereocenters. The molecule has 0 aliphatic heterocycles. The smallest absolute Gasteiger partial charge is 0.124 e. The number of hydrogen-bond acceptors (Lipinski definition) is 2. The van der Waals surface area contributed by atoms with Gasteiger partial charge in [-0.1, -0.05) is 22.0 Å². The lowest BCUT2D eigenvalue weighted by atomic mass is 10.2. The van der Waals surface area contributed by atoms with E-state index in [1.807, 2.05) is 18.2 Å². The lowest BCUT2D eigenvalue weighted by Crippen LogP contribution is -1.96.